The quantitative estimate of drug-likeness (QED) is 0.520. The van der Waals surface area contributed by atoms with E-state index in [2.05, 4.69) is 21.4 Å². The minimum Gasteiger partial charge on any atom is -0.386 e. The van der Waals surface area contributed by atoms with E-state index in [0.717, 1.165) is 38.0 Å². The van der Waals surface area contributed by atoms with E-state index in [9.17, 15) is 4.79 Å². The Morgan fingerprint density at radius 2 is 2.36 bits per heavy atom. The summed E-state index contributed by atoms with van der Waals surface area (Å²) in [5.74, 6) is -0.901. The molecule has 0 aromatic rings. The Balaban J connectivity index is 1.79. The molecule has 118 valence electrons. The lowest BCUT2D eigenvalue weighted by Gasteiger charge is -2.21. The number of primary amides is 1. The fourth-order valence-electron chi connectivity index (χ4n) is 2.87. The molecule has 0 spiro atoms. The number of allylic oxidation sites excluding steroid dienone is 3. The fourth-order valence-corrected chi connectivity index (χ4v) is 4.15. The first-order chi connectivity index (χ1) is 10.6. The van der Waals surface area contributed by atoms with E-state index >= 15 is 0 Å². The molecule has 7 heteroatoms. The van der Waals surface area contributed by atoms with Crippen LogP contribution in [0.15, 0.2) is 33.9 Å². The number of hydrogen-bond acceptors (Lipinski definition) is 5. The molecular weight excluding hydrogens is 298 g/mol. The van der Waals surface area contributed by atoms with Crippen molar-refractivity contribution in [3.05, 3.63) is 23.9 Å². The number of nitrogens with two attached hydrogens (primary N) is 2. The lowest BCUT2D eigenvalue weighted by molar-refractivity contribution is -0.118. The first-order valence-corrected chi connectivity index (χ1v) is 8.48. The summed E-state index contributed by atoms with van der Waals surface area (Å²) >= 11 is 1.57. The van der Waals surface area contributed by atoms with Gasteiger partial charge in [-0.05, 0) is 31.9 Å². The van der Waals surface area contributed by atoms with Crippen LogP contribution in [0, 0.1) is 5.92 Å². The topological polar surface area (TPSA) is 106 Å². The number of carbonyl (C=O) groups excluding carboxylic acids is 1. The molecule has 3 aliphatic rings. The molecule has 0 radical (unpaired) electrons. The summed E-state index contributed by atoms with van der Waals surface area (Å²) in [6, 6.07) is 0.116. The molecule has 3 unspecified atom stereocenters. The molecule has 2 aliphatic heterocycles. The molecule has 5 N–H and O–H groups in total. The molecular formula is C15H21N5OS. The highest BCUT2D eigenvalue weighted by molar-refractivity contribution is 8.15. The summed E-state index contributed by atoms with van der Waals surface area (Å²) in [7, 11) is 0. The number of rotatable bonds is 4. The minimum absolute atomic E-state index is 0.116. The van der Waals surface area contributed by atoms with Gasteiger partial charge in [-0.3, -0.25) is 9.79 Å². The number of nitrogens with zero attached hydrogens (tertiary/aromatic N) is 2. The second kappa shape index (κ2) is 6.66. The third kappa shape index (κ3) is 3.25. The molecule has 1 amide bonds. The number of carbonyl (C=O) groups is 1. The molecule has 2 heterocycles. The molecule has 3 atom stereocenters. The van der Waals surface area contributed by atoms with Crippen LogP contribution < -0.4 is 16.8 Å². The number of piperidine rings is 1. The van der Waals surface area contributed by atoms with Crippen LogP contribution in [-0.4, -0.2) is 41.2 Å². The normalized spacial score (nSPS) is 29.5. The molecule has 1 fully saturated rings. The Morgan fingerprint density at radius 3 is 3.05 bits per heavy atom. The number of amidine groups is 1. The van der Waals surface area contributed by atoms with E-state index in [1.54, 1.807) is 11.8 Å². The lowest BCUT2D eigenvalue weighted by Crippen LogP contribution is -2.42. The number of nitrogens with one attached hydrogen (secondary N) is 1. The van der Waals surface area contributed by atoms with E-state index in [1.165, 1.54) is 0 Å². The van der Waals surface area contributed by atoms with Gasteiger partial charge in [0, 0.05) is 6.54 Å². The van der Waals surface area contributed by atoms with E-state index in [1.807, 2.05) is 12.2 Å². The standard InChI is InChI=1S/C15H21N5OS/c16-13(19-9-4-3-7-18-8-9)12(14(17)21)15-20-10-5-1-2-6-11(10)22-15/h1-2,5,9,11-12,18H,3-4,6-8H2,(H2,16,19)(H2,17,21). The van der Waals surface area contributed by atoms with Crippen molar-refractivity contribution in [3.63, 3.8) is 0 Å². The first-order valence-electron chi connectivity index (χ1n) is 7.60. The first kappa shape index (κ1) is 15.3. The van der Waals surface area contributed by atoms with Gasteiger partial charge in [-0.1, -0.05) is 23.9 Å². The summed E-state index contributed by atoms with van der Waals surface area (Å²) in [5, 5.41) is 4.23. The van der Waals surface area contributed by atoms with Crippen molar-refractivity contribution < 1.29 is 4.79 Å². The number of amides is 1. The van der Waals surface area contributed by atoms with Gasteiger partial charge >= 0.3 is 0 Å². The van der Waals surface area contributed by atoms with Gasteiger partial charge in [-0.2, -0.15) is 0 Å². The Morgan fingerprint density at radius 1 is 1.50 bits per heavy atom. The van der Waals surface area contributed by atoms with E-state index < -0.39 is 11.8 Å². The highest BCUT2D eigenvalue weighted by atomic mass is 32.2. The molecule has 0 bridgehead atoms. The Kier molecular flexibility index (Phi) is 4.63. The number of hydrogen-bond donors (Lipinski definition) is 3. The van der Waals surface area contributed by atoms with Crippen LogP contribution in [0.3, 0.4) is 0 Å². The number of aliphatic imine (C=N–C) groups is 2. The summed E-state index contributed by atoms with van der Waals surface area (Å²) < 4.78 is 0. The summed E-state index contributed by atoms with van der Waals surface area (Å²) in [5.41, 5.74) is 12.7. The molecule has 6 nitrogen and oxygen atoms in total. The smallest absolute Gasteiger partial charge is 0.234 e. The zero-order valence-electron chi connectivity index (χ0n) is 12.4. The van der Waals surface area contributed by atoms with E-state index in [4.69, 9.17) is 11.5 Å². The molecule has 0 aromatic heterocycles. The van der Waals surface area contributed by atoms with Gasteiger partial charge in [0.25, 0.3) is 0 Å². The van der Waals surface area contributed by atoms with Crippen molar-refractivity contribution in [2.45, 2.75) is 30.6 Å². The van der Waals surface area contributed by atoms with Gasteiger partial charge in [0.15, 0.2) is 0 Å². The third-order valence-corrected chi connectivity index (χ3v) is 5.30. The number of fused-ring (bicyclic) bond motifs is 1. The van der Waals surface area contributed by atoms with E-state index in [-0.39, 0.29) is 11.3 Å². The Labute approximate surface area is 134 Å². The van der Waals surface area contributed by atoms with Crippen LogP contribution in [0.25, 0.3) is 0 Å². The second-order valence-electron chi connectivity index (χ2n) is 5.70. The Bertz CT molecular complexity index is 574. The van der Waals surface area contributed by atoms with Gasteiger partial charge in [-0.15, -0.1) is 0 Å². The van der Waals surface area contributed by atoms with Crippen LogP contribution in [0.2, 0.25) is 0 Å². The molecule has 1 saturated heterocycles. The molecule has 0 saturated carbocycles. The summed E-state index contributed by atoms with van der Waals surface area (Å²) in [4.78, 5) is 21.0. The maximum atomic E-state index is 11.9. The lowest BCUT2D eigenvalue weighted by atomic mass is 10.1. The average molecular weight is 319 g/mol. The van der Waals surface area contributed by atoms with Gasteiger partial charge in [0.1, 0.15) is 11.8 Å². The summed E-state index contributed by atoms with van der Waals surface area (Å²) in [6.45, 7) is 1.81. The van der Waals surface area contributed by atoms with Gasteiger partial charge in [0.05, 0.1) is 22.0 Å². The predicted octanol–water partition coefficient (Wildman–Crippen LogP) is 0.555. The predicted molar refractivity (Wildman–Crippen MR) is 90.9 cm³/mol. The van der Waals surface area contributed by atoms with Crippen molar-refractivity contribution in [2.24, 2.45) is 27.4 Å². The molecule has 22 heavy (non-hydrogen) atoms. The largest absolute Gasteiger partial charge is 0.386 e. The van der Waals surface area contributed by atoms with Gasteiger partial charge in [0.2, 0.25) is 5.91 Å². The maximum absolute atomic E-state index is 11.9. The monoisotopic (exact) mass is 319 g/mol. The minimum atomic E-state index is -0.710. The van der Waals surface area contributed by atoms with Crippen molar-refractivity contribution in [1.82, 2.24) is 5.32 Å². The van der Waals surface area contributed by atoms with Crippen LogP contribution in [0.1, 0.15) is 19.3 Å². The van der Waals surface area contributed by atoms with Crippen LogP contribution in [-0.2, 0) is 4.79 Å². The van der Waals surface area contributed by atoms with E-state index in [0.29, 0.717) is 10.9 Å². The van der Waals surface area contributed by atoms with Crippen molar-refractivity contribution in [3.8, 4) is 0 Å². The zero-order valence-corrected chi connectivity index (χ0v) is 13.2. The Hall–Kier alpha value is -1.60. The van der Waals surface area contributed by atoms with Crippen LogP contribution in [0.4, 0.5) is 0 Å². The van der Waals surface area contributed by atoms with Crippen molar-refractivity contribution in [1.29, 1.82) is 0 Å². The number of thioether (sulfide) groups is 1. The average Bonchev–Trinajstić information content (AvgIpc) is 2.91. The SMILES string of the molecule is NC(=O)C(C(N)=NC1CCCNC1)C1=NC2=CC=CCC2S1. The van der Waals surface area contributed by atoms with Gasteiger partial charge in [-0.25, -0.2) is 4.99 Å². The molecule has 1 aliphatic carbocycles. The van der Waals surface area contributed by atoms with Crippen LogP contribution >= 0.6 is 11.8 Å². The molecule has 0 aromatic carbocycles. The zero-order chi connectivity index (χ0) is 15.5. The van der Waals surface area contributed by atoms with Crippen molar-refractivity contribution in [2.75, 3.05) is 13.1 Å². The third-order valence-electron chi connectivity index (χ3n) is 4.02. The summed E-state index contributed by atoms with van der Waals surface area (Å²) in [6.07, 6.45) is 9.03. The maximum Gasteiger partial charge on any atom is 0.234 e. The highest BCUT2D eigenvalue weighted by Crippen LogP contribution is 2.37. The van der Waals surface area contributed by atoms with Crippen LogP contribution in [0.5, 0.6) is 0 Å². The fraction of sp³-hybridized carbons (Fsp3) is 0.533. The van der Waals surface area contributed by atoms with Crippen molar-refractivity contribution >= 4 is 28.5 Å². The van der Waals surface area contributed by atoms with Gasteiger partial charge < -0.3 is 16.8 Å². The highest BCUT2D eigenvalue weighted by Gasteiger charge is 2.35. The second-order valence-corrected chi connectivity index (χ2v) is 6.92. The molecule has 3 rings (SSSR count).